The Hall–Kier alpha value is -2.19. The van der Waals surface area contributed by atoms with E-state index >= 15 is 0 Å². The zero-order valence-corrected chi connectivity index (χ0v) is 17.3. The van der Waals surface area contributed by atoms with Gasteiger partial charge in [0.1, 0.15) is 0 Å². The number of hydrogen-bond donors (Lipinski definition) is 0. The molecule has 0 aliphatic heterocycles. The van der Waals surface area contributed by atoms with Gasteiger partial charge >= 0.3 is 0 Å². The van der Waals surface area contributed by atoms with Crippen molar-refractivity contribution in [2.45, 2.75) is 6.92 Å². The van der Waals surface area contributed by atoms with Gasteiger partial charge in [0.15, 0.2) is 0 Å². The smallest absolute Gasteiger partial charge is 0.0701 e. The van der Waals surface area contributed by atoms with E-state index in [2.05, 4.69) is 91.0 Å². The van der Waals surface area contributed by atoms with Crippen molar-refractivity contribution < 1.29 is 9.47 Å². The lowest BCUT2D eigenvalue weighted by Gasteiger charge is -2.27. The van der Waals surface area contributed by atoms with Crippen LogP contribution in [0.2, 0.25) is 0 Å². The standard InChI is InChI=1S/C24H28NO2P/c1-2-26-20-21-27-19-18-25-28(22-12-6-3-7-13-22,23-14-8-4-9-15-23)24-16-10-5-11-17-24/h3-17H,2,18-21H2,1H3. The van der Waals surface area contributed by atoms with E-state index < -0.39 is 7.05 Å². The Morgan fingerprint density at radius 3 is 1.46 bits per heavy atom. The van der Waals surface area contributed by atoms with E-state index in [0.717, 1.165) is 6.61 Å². The lowest BCUT2D eigenvalue weighted by Crippen LogP contribution is -2.25. The van der Waals surface area contributed by atoms with Crippen LogP contribution in [0.15, 0.2) is 95.7 Å². The van der Waals surface area contributed by atoms with E-state index in [-0.39, 0.29) is 0 Å². The summed E-state index contributed by atoms with van der Waals surface area (Å²) in [5.74, 6) is 0. The molecule has 0 aliphatic carbocycles. The van der Waals surface area contributed by atoms with Gasteiger partial charge in [-0.15, -0.1) is 0 Å². The number of nitrogens with zero attached hydrogens (tertiary/aromatic N) is 1. The molecule has 28 heavy (non-hydrogen) atoms. The lowest BCUT2D eigenvalue weighted by atomic mass is 10.4. The van der Waals surface area contributed by atoms with E-state index in [9.17, 15) is 0 Å². The minimum atomic E-state index is -2.10. The summed E-state index contributed by atoms with van der Waals surface area (Å²) in [6.45, 7) is 5.20. The highest BCUT2D eigenvalue weighted by Gasteiger charge is 2.26. The van der Waals surface area contributed by atoms with E-state index in [1.165, 1.54) is 15.9 Å². The zero-order chi connectivity index (χ0) is 19.5. The van der Waals surface area contributed by atoms with Crippen molar-refractivity contribution in [3.8, 4) is 0 Å². The van der Waals surface area contributed by atoms with Gasteiger partial charge in [-0.1, -0.05) is 91.0 Å². The summed E-state index contributed by atoms with van der Waals surface area (Å²) in [6, 6.07) is 32.0. The summed E-state index contributed by atoms with van der Waals surface area (Å²) < 4.78 is 16.4. The molecule has 0 atom stereocenters. The normalized spacial score (nSPS) is 11.3. The summed E-state index contributed by atoms with van der Waals surface area (Å²) in [4.78, 5) is 0. The Balaban J connectivity index is 2.01. The van der Waals surface area contributed by atoms with Gasteiger partial charge in [0.25, 0.3) is 0 Å². The van der Waals surface area contributed by atoms with Crippen LogP contribution in [0.4, 0.5) is 0 Å². The van der Waals surface area contributed by atoms with Crippen LogP contribution >= 0.6 is 7.05 Å². The third kappa shape index (κ3) is 4.99. The monoisotopic (exact) mass is 393 g/mol. The minimum Gasteiger partial charge on any atom is -0.379 e. The molecule has 0 saturated heterocycles. The highest BCUT2D eigenvalue weighted by atomic mass is 31.2. The van der Waals surface area contributed by atoms with Crippen LogP contribution in [0.1, 0.15) is 6.92 Å². The molecule has 0 fully saturated rings. The summed E-state index contributed by atoms with van der Waals surface area (Å²) in [6.07, 6.45) is 0. The summed E-state index contributed by atoms with van der Waals surface area (Å²) >= 11 is 0. The van der Waals surface area contributed by atoms with Gasteiger partial charge in [-0.2, -0.15) is 0 Å². The second-order valence-corrected chi connectivity index (χ2v) is 9.42. The zero-order valence-electron chi connectivity index (χ0n) is 16.4. The van der Waals surface area contributed by atoms with Crippen molar-refractivity contribution in [2.75, 3.05) is 33.0 Å². The summed E-state index contributed by atoms with van der Waals surface area (Å²) in [5, 5.41) is 3.80. The van der Waals surface area contributed by atoms with Crippen LogP contribution in [0.5, 0.6) is 0 Å². The van der Waals surface area contributed by atoms with Crippen molar-refractivity contribution in [2.24, 2.45) is 4.74 Å². The highest BCUT2D eigenvalue weighted by Crippen LogP contribution is 2.46. The molecule has 0 spiro atoms. The number of rotatable bonds is 10. The predicted molar refractivity (Wildman–Crippen MR) is 120 cm³/mol. The highest BCUT2D eigenvalue weighted by molar-refractivity contribution is 7.87. The molecule has 3 aromatic carbocycles. The maximum Gasteiger partial charge on any atom is 0.0701 e. The van der Waals surface area contributed by atoms with Crippen molar-refractivity contribution in [3.63, 3.8) is 0 Å². The maximum absolute atomic E-state index is 5.74. The van der Waals surface area contributed by atoms with Crippen LogP contribution in [0.3, 0.4) is 0 Å². The molecule has 0 heterocycles. The molecule has 0 saturated carbocycles. The van der Waals surface area contributed by atoms with E-state index in [0.29, 0.717) is 26.4 Å². The fourth-order valence-electron chi connectivity index (χ4n) is 3.24. The van der Waals surface area contributed by atoms with Crippen LogP contribution in [-0.2, 0) is 9.47 Å². The Kier molecular flexibility index (Phi) is 8.05. The molecule has 3 rings (SSSR count). The quantitative estimate of drug-likeness (QED) is 0.381. The van der Waals surface area contributed by atoms with E-state index in [1.54, 1.807) is 0 Å². The Morgan fingerprint density at radius 1 is 0.607 bits per heavy atom. The van der Waals surface area contributed by atoms with Crippen molar-refractivity contribution in [3.05, 3.63) is 91.0 Å². The van der Waals surface area contributed by atoms with E-state index in [1.807, 2.05) is 6.92 Å². The van der Waals surface area contributed by atoms with Crippen molar-refractivity contribution >= 4 is 23.0 Å². The third-order valence-electron chi connectivity index (χ3n) is 4.51. The molecule has 0 N–H and O–H groups in total. The first-order chi connectivity index (χ1) is 13.9. The van der Waals surface area contributed by atoms with Crippen LogP contribution in [-0.4, -0.2) is 33.0 Å². The van der Waals surface area contributed by atoms with Gasteiger partial charge in [0.2, 0.25) is 0 Å². The molecule has 4 heteroatoms. The number of hydrogen-bond acceptors (Lipinski definition) is 3. The molecule has 146 valence electrons. The van der Waals surface area contributed by atoms with Gasteiger partial charge in [-0.05, 0) is 6.92 Å². The molecular formula is C24H28NO2P. The van der Waals surface area contributed by atoms with Gasteiger partial charge in [0, 0.05) is 22.5 Å². The first kappa shape index (κ1) is 20.5. The van der Waals surface area contributed by atoms with Gasteiger partial charge in [-0.3, -0.25) is 4.74 Å². The van der Waals surface area contributed by atoms with Gasteiger partial charge in [-0.25, -0.2) is 0 Å². The Morgan fingerprint density at radius 2 is 1.04 bits per heavy atom. The average Bonchev–Trinajstić information content (AvgIpc) is 2.78. The van der Waals surface area contributed by atoms with Gasteiger partial charge in [0.05, 0.1) is 33.4 Å². The molecule has 0 bridgehead atoms. The lowest BCUT2D eigenvalue weighted by molar-refractivity contribution is 0.0563. The second kappa shape index (κ2) is 11.0. The first-order valence-corrected chi connectivity index (χ1v) is 11.5. The van der Waals surface area contributed by atoms with Gasteiger partial charge < -0.3 is 9.47 Å². The second-order valence-electron chi connectivity index (χ2n) is 6.32. The average molecular weight is 393 g/mol. The molecule has 3 aromatic rings. The Labute approximate surface area is 168 Å². The molecule has 0 unspecified atom stereocenters. The number of ether oxygens (including phenoxy) is 2. The predicted octanol–water partition coefficient (Wildman–Crippen LogP) is 4.22. The SMILES string of the molecule is CCOCCOCCN=P(c1ccccc1)(c1ccccc1)c1ccccc1. The first-order valence-electron chi connectivity index (χ1n) is 9.78. The van der Waals surface area contributed by atoms with Crippen LogP contribution < -0.4 is 15.9 Å². The molecule has 0 amide bonds. The van der Waals surface area contributed by atoms with Crippen LogP contribution in [0.25, 0.3) is 0 Å². The molecule has 0 radical (unpaired) electrons. The fraction of sp³-hybridized carbons (Fsp3) is 0.250. The third-order valence-corrected chi connectivity index (χ3v) is 8.27. The summed E-state index contributed by atoms with van der Waals surface area (Å²) in [5.41, 5.74) is 0. The Bertz CT molecular complexity index is 763. The van der Waals surface area contributed by atoms with E-state index in [4.69, 9.17) is 14.2 Å². The molecule has 3 nitrogen and oxygen atoms in total. The van der Waals surface area contributed by atoms with Crippen molar-refractivity contribution in [1.82, 2.24) is 0 Å². The fourth-order valence-corrected chi connectivity index (χ4v) is 6.82. The molecule has 0 aliphatic rings. The molecule has 0 aromatic heterocycles. The van der Waals surface area contributed by atoms with Crippen LogP contribution in [0, 0.1) is 0 Å². The number of benzene rings is 3. The minimum absolute atomic E-state index is 0.599. The summed E-state index contributed by atoms with van der Waals surface area (Å²) in [7, 11) is -2.10. The van der Waals surface area contributed by atoms with Crippen molar-refractivity contribution in [1.29, 1.82) is 0 Å². The topological polar surface area (TPSA) is 30.8 Å². The largest absolute Gasteiger partial charge is 0.379 e. The molecular weight excluding hydrogens is 365 g/mol. The maximum atomic E-state index is 5.74.